The second-order valence-electron chi connectivity index (χ2n) is 7.79. The maximum Gasteiger partial charge on any atom is 0.251 e. The van der Waals surface area contributed by atoms with Gasteiger partial charge >= 0.3 is 0 Å². The van der Waals surface area contributed by atoms with E-state index in [0.29, 0.717) is 17.8 Å². The zero-order valence-corrected chi connectivity index (χ0v) is 17.8. The average molecular weight is 422 g/mol. The third kappa shape index (κ3) is 3.83. The van der Waals surface area contributed by atoms with Gasteiger partial charge in [-0.05, 0) is 43.5 Å². The Bertz CT molecular complexity index is 1390. The number of benzene rings is 3. The summed E-state index contributed by atoms with van der Waals surface area (Å²) in [7, 11) is 0. The van der Waals surface area contributed by atoms with Crippen LogP contribution in [0.25, 0.3) is 28.1 Å². The van der Waals surface area contributed by atoms with Crippen molar-refractivity contribution in [2.75, 3.05) is 6.54 Å². The molecule has 158 valence electrons. The molecule has 0 saturated heterocycles. The highest BCUT2D eigenvalue weighted by Crippen LogP contribution is 2.25. The van der Waals surface area contributed by atoms with Crippen LogP contribution in [0.15, 0.2) is 78.9 Å². The normalized spacial score (nSPS) is 11.2. The van der Waals surface area contributed by atoms with Gasteiger partial charge < -0.3 is 5.32 Å². The minimum atomic E-state index is -0.0944. The minimum Gasteiger partial charge on any atom is -0.352 e. The molecular formula is C26H23N5O. The fourth-order valence-electron chi connectivity index (χ4n) is 3.93. The molecule has 5 rings (SSSR count). The molecule has 0 saturated carbocycles. The summed E-state index contributed by atoms with van der Waals surface area (Å²) < 4.78 is 1.99. The molecule has 0 radical (unpaired) electrons. The molecule has 0 spiro atoms. The maximum absolute atomic E-state index is 12.8. The second kappa shape index (κ2) is 8.59. The highest BCUT2D eigenvalue weighted by molar-refractivity contribution is 5.98. The Morgan fingerprint density at radius 1 is 0.938 bits per heavy atom. The van der Waals surface area contributed by atoms with Crippen LogP contribution in [0.5, 0.6) is 0 Å². The minimum absolute atomic E-state index is 0.0944. The largest absolute Gasteiger partial charge is 0.352 e. The Balaban J connectivity index is 1.43. The molecule has 0 fully saturated rings. The molecule has 32 heavy (non-hydrogen) atoms. The van der Waals surface area contributed by atoms with Crippen LogP contribution in [0.2, 0.25) is 0 Å². The molecule has 0 bridgehead atoms. The van der Waals surface area contributed by atoms with E-state index < -0.39 is 0 Å². The third-order valence-corrected chi connectivity index (χ3v) is 5.56. The van der Waals surface area contributed by atoms with Crippen molar-refractivity contribution in [3.8, 4) is 11.4 Å². The van der Waals surface area contributed by atoms with Crippen LogP contribution in [-0.4, -0.2) is 32.0 Å². The first-order valence-electron chi connectivity index (χ1n) is 10.7. The van der Waals surface area contributed by atoms with Gasteiger partial charge in [0.15, 0.2) is 11.5 Å². The molecule has 3 aromatic carbocycles. The van der Waals surface area contributed by atoms with Gasteiger partial charge in [-0.3, -0.25) is 9.20 Å². The van der Waals surface area contributed by atoms with E-state index in [2.05, 4.69) is 32.6 Å². The van der Waals surface area contributed by atoms with Crippen LogP contribution in [0.1, 0.15) is 28.0 Å². The van der Waals surface area contributed by atoms with E-state index >= 15 is 0 Å². The molecule has 6 nitrogen and oxygen atoms in total. The number of nitrogens with zero attached hydrogens (tertiary/aromatic N) is 4. The summed E-state index contributed by atoms with van der Waals surface area (Å²) >= 11 is 0. The van der Waals surface area contributed by atoms with Gasteiger partial charge in [0.25, 0.3) is 5.91 Å². The molecule has 0 unspecified atom stereocenters. The average Bonchev–Trinajstić information content (AvgIpc) is 3.29. The summed E-state index contributed by atoms with van der Waals surface area (Å²) in [4.78, 5) is 17.5. The Kier molecular flexibility index (Phi) is 5.34. The first-order chi connectivity index (χ1) is 15.7. The Hall–Kier alpha value is -4.06. The van der Waals surface area contributed by atoms with Crippen LogP contribution >= 0.6 is 0 Å². The molecule has 0 aliphatic carbocycles. The van der Waals surface area contributed by atoms with Crippen LogP contribution in [0.3, 0.4) is 0 Å². The SMILES string of the molecule is Cc1nc2ccc(C(=O)NCCCc3ccccc3)cc2n2c(-c3ccccc3)nnc12. The number of carbonyl (C=O) groups excluding carboxylic acids is 1. The van der Waals surface area contributed by atoms with Crippen molar-refractivity contribution < 1.29 is 4.79 Å². The predicted octanol–water partition coefficient (Wildman–Crippen LogP) is 4.62. The molecule has 0 atom stereocenters. The van der Waals surface area contributed by atoms with Gasteiger partial charge in [0, 0.05) is 17.7 Å². The van der Waals surface area contributed by atoms with E-state index in [0.717, 1.165) is 41.0 Å². The lowest BCUT2D eigenvalue weighted by Gasteiger charge is -2.09. The lowest BCUT2D eigenvalue weighted by atomic mass is 10.1. The van der Waals surface area contributed by atoms with Crippen molar-refractivity contribution in [2.24, 2.45) is 0 Å². The summed E-state index contributed by atoms with van der Waals surface area (Å²) in [5.74, 6) is 0.638. The molecule has 0 aliphatic heterocycles. The van der Waals surface area contributed by atoms with E-state index in [1.54, 1.807) is 0 Å². The zero-order chi connectivity index (χ0) is 21.9. The molecule has 1 N–H and O–H groups in total. The lowest BCUT2D eigenvalue weighted by molar-refractivity contribution is 0.0953. The van der Waals surface area contributed by atoms with Gasteiger partial charge in [0.1, 0.15) is 0 Å². The van der Waals surface area contributed by atoms with E-state index in [1.807, 2.05) is 78.1 Å². The van der Waals surface area contributed by atoms with Crippen LogP contribution in [0.4, 0.5) is 0 Å². The zero-order valence-electron chi connectivity index (χ0n) is 17.8. The highest BCUT2D eigenvalue weighted by Gasteiger charge is 2.16. The number of hydrogen-bond donors (Lipinski definition) is 1. The molecule has 1 amide bonds. The predicted molar refractivity (Wildman–Crippen MR) is 126 cm³/mol. The topological polar surface area (TPSA) is 72.2 Å². The van der Waals surface area contributed by atoms with Gasteiger partial charge in [0.2, 0.25) is 0 Å². The summed E-state index contributed by atoms with van der Waals surface area (Å²) in [5.41, 5.74) is 5.93. The van der Waals surface area contributed by atoms with Crippen molar-refractivity contribution >= 4 is 22.6 Å². The summed E-state index contributed by atoms with van der Waals surface area (Å²) in [5, 5.41) is 11.8. The second-order valence-corrected chi connectivity index (χ2v) is 7.79. The van der Waals surface area contributed by atoms with E-state index in [-0.39, 0.29) is 5.91 Å². The van der Waals surface area contributed by atoms with Crippen molar-refractivity contribution in [3.63, 3.8) is 0 Å². The van der Waals surface area contributed by atoms with Gasteiger partial charge in [-0.1, -0.05) is 60.7 Å². The monoisotopic (exact) mass is 421 g/mol. The van der Waals surface area contributed by atoms with Gasteiger partial charge in [-0.25, -0.2) is 4.98 Å². The fraction of sp³-hybridized carbons (Fsp3) is 0.154. The van der Waals surface area contributed by atoms with Crippen molar-refractivity contribution in [2.45, 2.75) is 19.8 Å². The maximum atomic E-state index is 12.8. The lowest BCUT2D eigenvalue weighted by Crippen LogP contribution is -2.24. The first kappa shape index (κ1) is 19.9. The summed E-state index contributed by atoms with van der Waals surface area (Å²) in [6.45, 7) is 2.54. The van der Waals surface area contributed by atoms with Crippen molar-refractivity contribution in [3.05, 3.63) is 95.7 Å². The number of hydrogen-bond acceptors (Lipinski definition) is 4. The molecule has 2 aromatic heterocycles. The van der Waals surface area contributed by atoms with Crippen LogP contribution in [-0.2, 0) is 6.42 Å². The number of fused-ring (bicyclic) bond motifs is 3. The van der Waals surface area contributed by atoms with E-state index in [4.69, 9.17) is 0 Å². The van der Waals surface area contributed by atoms with Gasteiger partial charge in [-0.15, -0.1) is 10.2 Å². The quantitative estimate of drug-likeness (QED) is 0.406. The van der Waals surface area contributed by atoms with Gasteiger partial charge in [0.05, 0.1) is 16.7 Å². The van der Waals surface area contributed by atoms with Crippen LogP contribution in [0, 0.1) is 6.92 Å². The standard InChI is InChI=1S/C26H23N5O/c1-18-24-29-30-25(20-12-6-3-7-13-20)31(24)23-17-21(14-15-22(23)28-18)26(32)27-16-8-11-19-9-4-2-5-10-19/h2-7,9-10,12-15,17H,8,11,16H2,1H3,(H,27,32). The molecule has 6 heteroatoms. The van der Waals surface area contributed by atoms with Gasteiger partial charge in [-0.2, -0.15) is 0 Å². The number of aryl methyl sites for hydroxylation is 2. The summed E-state index contributed by atoms with van der Waals surface area (Å²) in [6.07, 6.45) is 1.82. The molecule has 0 aliphatic rings. The summed E-state index contributed by atoms with van der Waals surface area (Å²) in [6, 6.07) is 25.8. The Morgan fingerprint density at radius 3 is 2.47 bits per heavy atom. The Labute approximate surface area is 186 Å². The fourth-order valence-corrected chi connectivity index (χ4v) is 3.93. The number of carbonyl (C=O) groups is 1. The number of nitrogens with one attached hydrogen (secondary N) is 1. The van der Waals surface area contributed by atoms with E-state index in [9.17, 15) is 4.79 Å². The van der Waals surface area contributed by atoms with Crippen LogP contribution < -0.4 is 5.32 Å². The van der Waals surface area contributed by atoms with E-state index in [1.165, 1.54) is 5.56 Å². The van der Waals surface area contributed by atoms with Crippen molar-refractivity contribution in [1.29, 1.82) is 0 Å². The number of rotatable bonds is 6. The van der Waals surface area contributed by atoms with Crippen molar-refractivity contribution in [1.82, 2.24) is 24.9 Å². The first-order valence-corrected chi connectivity index (χ1v) is 10.7. The smallest absolute Gasteiger partial charge is 0.251 e. The third-order valence-electron chi connectivity index (χ3n) is 5.56. The number of amides is 1. The Morgan fingerprint density at radius 2 is 1.69 bits per heavy atom. The molecule has 5 aromatic rings. The molecule has 2 heterocycles. The highest BCUT2D eigenvalue weighted by atomic mass is 16.1. The number of aromatic nitrogens is 4. The molecular weight excluding hydrogens is 398 g/mol.